The summed E-state index contributed by atoms with van der Waals surface area (Å²) in [5, 5.41) is 87.8. The molecule has 2 aliphatic rings. The van der Waals surface area contributed by atoms with E-state index >= 15 is 0 Å². The van der Waals surface area contributed by atoms with Crippen molar-refractivity contribution in [3.05, 3.63) is 97.2 Å². The highest BCUT2D eigenvalue weighted by Gasteiger charge is 2.51. The first-order chi connectivity index (χ1) is 49.1. The molecule has 0 aromatic heterocycles. The van der Waals surface area contributed by atoms with Crippen molar-refractivity contribution in [3.8, 4) is 0 Å². The van der Waals surface area contributed by atoms with E-state index in [1.807, 2.05) is 6.08 Å². The van der Waals surface area contributed by atoms with Gasteiger partial charge in [-0.3, -0.25) is 4.79 Å². The standard InChI is InChI=1S/C86H153NO13/c1-3-5-7-9-11-13-15-17-19-21-23-25-27-29-31-33-35-36-37-38-40-42-44-46-48-50-52-54-56-58-60-62-64-66-68-70-78(91)87-74(73-97-85-83(96)81(94)84(77(72-89)99-85)100-86-82(95)80(93)79(92)76(71-88)98-86)75(90)69-67-65-63-61-59-57-55-53-51-49-47-45-43-41-39-34-32-30-28-26-24-22-20-18-16-14-12-10-8-6-4-2/h5,7,11,13,17,19,23,25,29,31,35-36,38,40,67,69,74-77,79-86,88-90,92-96H,3-4,6,8-10,12,14-16,18,20-22,24,26-28,30,32-34,37,39,41-66,68,70-73H2,1-2H3,(H,87,91)/b7-5-,13-11-,19-17-,25-23-,31-29-,36-35-,40-38-,69-67+. The molecule has 0 aromatic carbocycles. The van der Waals surface area contributed by atoms with Crippen molar-refractivity contribution in [2.24, 2.45) is 0 Å². The molecule has 0 bridgehead atoms. The minimum absolute atomic E-state index is 0.239. The van der Waals surface area contributed by atoms with Gasteiger partial charge in [-0.1, -0.05) is 361 Å². The maximum Gasteiger partial charge on any atom is 0.220 e. The molecule has 2 heterocycles. The number of hydrogen-bond acceptors (Lipinski definition) is 13. The molecule has 100 heavy (non-hydrogen) atoms. The van der Waals surface area contributed by atoms with Crippen LogP contribution in [0.25, 0.3) is 0 Å². The van der Waals surface area contributed by atoms with Gasteiger partial charge in [0.25, 0.3) is 0 Å². The van der Waals surface area contributed by atoms with Gasteiger partial charge in [-0.15, -0.1) is 0 Å². The van der Waals surface area contributed by atoms with Crippen LogP contribution in [0.3, 0.4) is 0 Å². The summed E-state index contributed by atoms with van der Waals surface area (Å²) in [6.45, 7) is 2.73. The molecule has 0 radical (unpaired) electrons. The summed E-state index contributed by atoms with van der Waals surface area (Å²) >= 11 is 0. The lowest BCUT2D eigenvalue weighted by atomic mass is 9.97. The molecule has 2 aliphatic heterocycles. The smallest absolute Gasteiger partial charge is 0.220 e. The van der Waals surface area contributed by atoms with E-state index in [4.69, 9.17) is 18.9 Å². The van der Waals surface area contributed by atoms with Crippen LogP contribution in [0.2, 0.25) is 0 Å². The molecule has 0 aliphatic carbocycles. The lowest BCUT2D eigenvalue weighted by Crippen LogP contribution is -2.65. The van der Waals surface area contributed by atoms with E-state index in [1.54, 1.807) is 6.08 Å². The van der Waals surface area contributed by atoms with E-state index in [0.29, 0.717) is 6.42 Å². The number of amides is 1. The molecule has 12 atom stereocenters. The second-order valence-electron chi connectivity index (χ2n) is 28.9. The van der Waals surface area contributed by atoms with E-state index in [-0.39, 0.29) is 18.9 Å². The fourth-order valence-electron chi connectivity index (χ4n) is 13.3. The topological polar surface area (TPSA) is 228 Å². The summed E-state index contributed by atoms with van der Waals surface area (Å²) in [5.74, 6) is -0.239. The highest BCUT2D eigenvalue weighted by Crippen LogP contribution is 2.30. The molecule has 0 spiro atoms. The number of carbonyl (C=O) groups excluding carboxylic acids is 1. The van der Waals surface area contributed by atoms with Crippen molar-refractivity contribution < 1.29 is 64.6 Å². The maximum absolute atomic E-state index is 13.4. The first kappa shape index (κ1) is 93.0. The fourth-order valence-corrected chi connectivity index (χ4v) is 13.3. The SMILES string of the molecule is CC/C=C\C/C=C\C/C=C\C/C=C\C/C=C\C/C=C\C/C=C\CCCCCCCCCCCCCCCC(=O)NC(COC1OC(CO)C(OC2OC(CO)C(O)C(O)C2O)C(O)C1O)C(O)/C=C/CCCCCCCCCCCCCCCCCCCCCCCCCCCCCCC. The second kappa shape index (κ2) is 69.0. The predicted octanol–water partition coefficient (Wildman–Crippen LogP) is 19.2. The molecule has 9 N–H and O–H groups in total. The first-order valence-electron chi connectivity index (χ1n) is 41.5. The Morgan fingerprint density at radius 3 is 1.06 bits per heavy atom. The molecule has 580 valence electrons. The minimum Gasteiger partial charge on any atom is -0.394 e. The molecule has 14 nitrogen and oxygen atoms in total. The summed E-state index contributed by atoms with van der Waals surface area (Å²) in [6.07, 6.45) is 82.0. The van der Waals surface area contributed by atoms with Crippen molar-refractivity contribution >= 4 is 5.91 Å². The van der Waals surface area contributed by atoms with E-state index < -0.39 is 86.8 Å². The predicted molar refractivity (Wildman–Crippen MR) is 415 cm³/mol. The van der Waals surface area contributed by atoms with Crippen LogP contribution < -0.4 is 5.32 Å². The zero-order valence-electron chi connectivity index (χ0n) is 63.7. The Morgan fingerprint density at radius 2 is 0.690 bits per heavy atom. The Morgan fingerprint density at radius 1 is 0.370 bits per heavy atom. The number of rotatable bonds is 69. The zero-order valence-corrected chi connectivity index (χ0v) is 63.7. The number of hydrogen-bond donors (Lipinski definition) is 9. The van der Waals surface area contributed by atoms with Gasteiger partial charge < -0.3 is 65.1 Å². The van der Waals surface area contributed by atoms with Gasteiger partial charge in [0.15, 0.2) is 12.6 Å². The van der Waals surface area contributed by atoms with Gasteiger partial charge in [-0.05, 0) is 77.0 Å². The number of aliphatic hydroxyl groups excluding tert-OH is 8. The molecular formula is C86H153NO13. The van der Waals surface area contributed by atoms with Gasteiger partial charge in [0, 0.05) is 6.42 Å². The molecule has 12 unspecified atom stereocenters. The Labute approximate surface area is 611 Å². The number of allylic oxidation sites excluding steroid dienone is 15. The van der Waals surface area contributed by atoms with Gasteiger partial charge in [0.2, 0.25) is 5.91 Å². The van der Waals surface area contributed by atoms with Crippen molar-refractivity contribution in [2.45, 2.75) is 421 Å². The van der Waals surface area contributed by atoms with Crippen LogP contribution in [0, 0.1) is 0 Å². The van der Waals surface area contributed by atoms with Crippen molar-refractivity contribution in [2.75, 3.05) is 19.8 Å². The van der Waals surface area contributed by atoms with Crippen molar-refractivity contribution in [3.63, 3.8) is 0 Å². The molecule has 2 fully saturated rings. The summed E-state index contributed by atoms with van der Waals surface area (Å²) in [6, 6.07) is -0.923. The molecule has 1 amide bonds. The number of carbonyl (C=O) groups is 1. The average Bonchev–Trinajstić information content (AvgIpc) is 0.790. The molecule has 2 saturated heterocycles. The Kier molecular flexibility index (Phi) is 64.1. The van der Waals surface area contributed by atoms with Crippen LogP contribution in [0.4, 0.5) is 0 Å². The highest BCUT2D eigenvalue weighted by atomic mass is 16.7. The lowest BCUT2D eigenvalue weighted by molar-refractivity contribution is -0.359. The molecule has 0 aromatic rings. The van der Waals surface area contributed by atoms with Crippen LogP contribution in [-0.4, -0.2) is 140 Å². The number of nitrogens with one attached hydrogen (secondary N) is 1. The van der Waals surface area contributed by atoms with Crippen LogP contribution in [0.5, 0.6) is 0 Å². The van der Waals surface area contributed by atoms with E-state index in [0.717, 1.165) is 89.9 Å². The van der Waals surface area contributed by atoms with Gasteiger partial charge in [0.1, 0.15) is 48.8 Å². The van der Waals surface area contributed by atoms with E-state index in [9.17, 15) is 45.6 Å². The number of unbranched alkanes of at least 4 members (excludes halogenated alkanes) is 42. The average molecular weight is 1410 g/mol. The van der Waals surface area contributed by atoms with E-state index in [1.165, 1.54) is 231 Å². The third-order valence-electron chi connectivity index (χ3n) is 19.8. The van der Waals surface area contributed by atoms with Crippen LogP contribution in [0.1, 0.15) is 348 Å². The second-order valence-corrected chi connectivity index (χ2v) is 28.9. The van der Waals surface area contributed by atoms with Crippen LogP contribution >= 0.6 is 0 Å². The molecule has 14 heteroatoms. The molecular weight excluding hydrogens is 1250 g/mol. The summed E-state index contributed by atoms with van der Waals surface area (Å²) in [5.41, 5.74) is 0. The van der Waals surface area contributed by atoms with Crippen LogP contribution in [0.15, 0.2) is 97.2 Å². The monoisotopic (exact) mass is 1410 g/mol. The summed E-state index contributed by atoms with van der Waals surface area (Å²) < 4.78 is 22.9. The highest BCUT2D eigenvalue weighted by molar-refractivity contribution is 5.76. The quantitative estimate of drug-likeness (QED) is 0.0204. The minimum atomic E-state index is -1.79. The van der Waals surface area contributed by atoms with E-state index in [2.05, 4.69) is 104 Å². The van der Waals surface area contributed by atoms with Gasteiger partial charge >= 0.3 is 0 Å². The normalized spacial score (nSPS) is 22.3. The fraction of sp³-hybridized carbons (Fsp3) is 0.802. The number of ether oxygens (including phenoxy) is 4. The third kappa shape index (κ3) is 51.2. The zero-order chi connectivity index (χ0) is 72.2. The Bertz CT molecular complexity index is 2050. The van der Waals surface area contributed by atoms with Crippen molar-refractivity contribution in [1.82, 2.24) is 5.32 Å². The Balaban J connectivity index is 1.61. The Hall–Kier alpha value is -3.09. The van der Waals surface area contributed by atoms with Crippen LogP contribution in [-0.2, 0) is 23.7 Å². The van der Waals surface area contributed by atoms with Gasteiger partial charge in [0.05, 0.1) is 32.0 Å². The summed E-state index contributed by atoms with van der Waals surface area (Å²) in [7, 11) is 0. The lowest BCUT2D eigenvalue weighted by Gasteiger charge is -2.46. The maximum atomic E-state index is 13.4. The third-order valence-corrected chi connectivity index (χ3v) is 19.8. The molecule has 0 saturated carbocycles. The van der Waals surface area contributed by atoms with Gasteiger partial charge in [-0.2, -0.15) is 0 Å². The van der Waals surface area contributed by atoms with Gasteiger partial charge in [-0.25, -0.2) is 0 Å². The van der Waals surface area contributed by atoms with Crippen molar-refractivity contribution in [1.29, 1.82) is 0 Å². The number of aliphatic hydroxyl groups is 8. The molecule has 2 rings (SSSR count). The largest absolute Gasteiger partial charge is 0.394 e. The first-order valence-corrected chi connectivity index (χ1v) is 41.5. The summed E-state index contributed by atoms with van der Waals surface area (Å²) in [4.78, 5) is 13.4.